The standard InChI is InChI=1S/C93H117F4N17O22S/c1-7-8-21-70-92(134)114-46-58(116)42-72(114)87(129)107-67(43-78(121)122)85(127)109-80(50(2)3)93(135)111(5)71(39-51-16-10-9-11-17-51)86(128)104-64(30-31-77(119)120)90(132)113-33-34-136-47-74(113)88(130)106-66(41-55-44-100-62-19-13-12-18-59(55)62)84(126)105-65(37-52-24-28-57(115)29-25-52)83(125)103-63(20-14-15-32-98)82(124)108-69(81(123)101-45-75(99)117)48-137-49-76(118)102-68(38-54-35-60(95)79(97)61(96)36-54)89(131)112(6)73(91(133)110(70)4)40-53-22-26-56(94)27-23-53/h9-13,16-19,22-29,35-36,44,50,58,63-74,80,100,115-116H,7-8,14-15,20-21,30-34,37-43,45-49,98H2,1-6H3,(H2,99,117)(H,101,123)(H,102,118)(H,103,125)(H,104,128)(H,105,126)(H,106,130)(H,107,129)(H,108,124)(H,109,127)(H,119,120)(H,121,122)/t58-,63+,64+,65+,66+,67+,68+,69+,70+,71+,72-,73?,74-,80+/m1/s1. The average molecular weight is 1930 g/mol. The fourth-order valence-corrected chi connectivity index (χ4v) is 17.2. The van der Waals surface area contributed by atoms with Crippen molar-refractivity contribution in [2.75, 3.05) is 72.0 Å². The number of likely N-dealkylation sites (N-methyl/N-ethyl adjacent to an activating group) is 3. The Bertz CT molecular complexity index is 5310. The van der Waals surface area contributed by atoms with Gasteiger partial charge in [-0.1, -0.05) is 106 Å². The molecule has 0 saturated carbocycles. The van der Waals surface area contributed by atoms with E-state index in [0.29, 0.717) is 57.9 Å². The van der Waals surface area contributed by atoms with E-state index in [1.807, 2.05) is 0 Å². The molecule has 0 spiro atoms. The van der Waals surface area contributed by atoms with E-state index in [0.717, 1.165) is 43.7 Å². The SMILES string of the molecule is CCCC[C@H]1C(=O)N2C[C@H](O)C[C@@H]2C(=O)N[C@@H](CC(=O)O)C(=O)N[C@@H](C(C)C)C(=O)N(C)[C@@H](Cc2ccccc2)C(=O)N[C@@H](CCC(=O)O)C(=O)N2CCOC[C@@H]2C(=O)N[C@@H](Cc2c[nH]c3ccccc23)C(=O)N[C@@H](Cc2ccc(O)cc2)C(=O)N[C@@H](CCCCN)C(=O)N[C@H](C(=O)NCC(N)=O)CSCC(=O)N[C@@H](Cc2cc(F)c(F)c(F)c2)C(=O)N(C)C(Cc2ccc(F)cc2)C(=O)N1C. The number of nitrogens with one attached hydrogen (secondary N) is 10. The fraction of sp³-hybridized carbons (Fsp3) is 0.473. The molecule has 0 aliphatic carbocycles. The van der Waals surface area contributed by atoms with Gasteiger partial charge in [-0.25, -0.2) is 17.6 Å². The molecule has 1 aromatic heterocycles. The number of thioether (sulfide) groups is 1. The van der Waals surface area contributed by atoms with Gasteiger partial charge in [0.25, 0.3) is 0 Å². The van der Waals surface area contributed by atoms with Crippen LogP contribution in [0.25, 0.3) is 10.9 Å². The van der Waals surface area contributed by atoms with Crippen LogP contribution >= 0.6 is 11.8 Å². The summed E-state index contributed by atoms with van der Waals surface area (Å²) in [6, 6.07) is 2.94. The van der Waals surface area contributed by atoms with E-state index in [1.165, 1.54) is 64.3 Å². The summed E-state index contributed by atoms with van der Waals surface area (Å²) in [6.45, 7) is 2.10. The number of amides is 15. The van der Waals surface area contributed by atoms with Gasteiger partial charge in [0.05, 0.1) is 38.0 Å². The molecule has 1 unspecified atom stereocenters. The number of nitrogens with zero attached hydrogens (tertiary/aromatic N) is 5. The summed E-state index contributed by atoms with van der Waals surface area (Å²) in [6.07, 6.45) is -5.17. The van der Waals surface area contributed by atoms with Crippen LogP contribution in [0.3, 0.4) is 0 Å². The Morgan fingerprint density at radius 3 is 1.77 bits per heavy atom. The van der Waals surface area contributed by atoms with Crippen molar-refractivity contribution in [1.82, 2.24) is 77.3 Å². The number of carbonyl (C=O) groups excluding carboxylic acids is 15. The zero-order valence-corrected chi connectivity index (χ0v) is 77.2. The largest absolute Gasteiger partial charge is 0.508 e. The number of aromatic amines is 1. The third-order valence-electron chi connectivity index (χ3n) is 23.9. The second-order valence-corrected chi connectivity index (χ2v) is 35.3. The van der Waals surface area contributed by atoms with Crippen LogP contribution in [-0.4, -0.2) is 307 Å². The Morgan fingerprint density at radius 1 is 0.547 bits per heavy atom. The number of aliphatic hydroxyl groups is 1. The number of unbranched alkanes of at least 4 members (excludes halogenated alkanes) is 2. The number of aliphatic carboxylic acids is 2. The maximum atomic E-state index is 15.7. The normalized spacial score (nSPS) is 23.8. The summed E-state index contributed by atoms with van der Waals surface area (Å²) in [5, 5.41) is 65.8. The molecule has 0 bridgehead atoms. The number of aromatic hydroxyl groups is 1. The van der Waals surface area contributed by atoms with Crippen LogP contribution in [0, 0.1) is 29.2 Å². The Hall–Kier alpha value is -13.6. The Labute approximate surface area is 790 Å². The molecule has 15 amide bonds. The minimum absolute atomic E-state index is 0.0636. The van der Waals surface area contributed by atoms with Gasteiger partial charge in [0.1, 0.15) is 90.1 Å². The number of carboxylic acid groups (broad SMARTS) is 2. The fourth-order valence-electron chi connectivity index (χ4n) is 16.3. The van der Waals surface area contributed by atoms with Crippen LogP contribution in [0.15, 0.2) is 121 Å². The molecule has 4 heterocycles. The summed E-state index contributed by atoms with van der Waals surface area (Å²) in [7, 11) is 3.43. The molecule has 44 heteroatoms. The first-order chi connectivity index (χ1) is 65.1. The maximum Gasteiger partial charge on any atom is 0.305 e. The van der Waals surface area contributed by atoms with Crippen LogP contribution < -0.4 is 59.3 Å². The van der Waals surface area contributed by atoms with Crippen molar-refractivity contribution in [3.05, 3.63) is 173 Å². The van der Waals surface area contributed by atoms with Crippen LogP contribution in [0.5, 0.6) is 5.75 Å². The smallest absolute Gasteiger partial charge is 0.305 e. The van der Waals surface area contributed by atoms with Gasteiger partial charge >= 0.3 is 11.9 Å². The van der Waals surface area contributed by atoms with Crippen LogP contribution in [0.2, 0.25) is 0 Å². The van der Waals surface area contributed by atoms with Gasteiger partial charge < -0.3 is 114 Å². The van der Waals surface area contributed by atoms with E-state index in [1.54, 1.807) is 67.7 Å². The van der Waals surface area contributed by atoms with Gasteiger partial charge in [-0.3, -0.25) is 81.5 Å². The van der Waals surface area contributed by atoms with Crippen molar-refractivity contribution in [3.63, 3.8) is 0 Å². The number of aliphatic hydroxyl groups excluding tert-OH is 1. The van der Waals surface area contributed by atoms with Gasteiger partial charge in [0, 0.05) is 102 Å². The molecule has 3 fully saturated rings. The topological polar surface area (TPSA) is 573 Å². The number of morpholine rings is 1. The second kappa shape index (κ2) is 50.8. The van der Waals surface area contributed by atoms with Crippen molar-refractivity contribution in [3.8, 4) is 5.75 Å². The third-order valence-corrected chi connectivity index (χ3v) is 24.9. The molecule has 18 N–H and O–H groups in total. The van der Waals surface area contributed by atoms with Crippen LogP contribution in [-0.2, 0) is 118 Å². The molecular formula is C93H117F4N17O22S. The summed E-state index contributed by atoms with van der Waals surface area (Å²) in [4.78, 5) is 258. The molecule has 0 radical (unpaired) electrons. The number of H-pyrrole nitrogens is 1. The summed E-state index contributed by atoms with van der Waals surface area (Å²) >= 11 is 0.608. The van der Waals surface area contributed by atoms with Gasteiger partial charge in [0.15, 0.2) is 17.5 Å². The highest BCUT2D eigenvalue weighted by Gasteiger charge is 2.48. The number of hydrogen-bond donors (Lipinski definition) is 16. The molecule has 5 aromatic carbocycles. The minimum Gasteiger partial charge on any atom is -0.508 e. The van der Waals surface area contributed by atoms with Crippen LogP contribution in [0.1, 0.15) is 113 Å². The molecule has 3 saturated heterocycles. The Balaban J connectivity index is 1.15. The molecule has 14 atom stereocenters. The molecule has 3 aliphatic rings. The zero-order chi connectivity index (χ0) is 100. The van der Waals surface area contributed by atoms with E-state index < -0.39 is 303 Å². The van der Waals surface area contributed by atoms with E-state index in [4.69, 9.17) is 16.2 Å². The molecule has 3 aliphatic heterocycles. The van der Waals surface area contributed by atoms with E-state index in [2.05, 4.69) is 52.8 Å². The quantitative estimate of drug-likeness (QED) is 0.0195. The van der Waals surface area contributed by atoms with Gasteiger partial charge in [-0.2, -0.15) is 0 Å². The number of benzene rings is 5. The monoisotopic (exact) mass is 1930 g/mol. The number of fused-ring (bicyclic) bond motifs is 3. The number of para-hydroxylation sites is 1. The van der Waals surface area contributed by atoms with Gasteiger partial charge in [-0.15, -0.1) is 11.8 Å². The van der Waals surface area contributed by atoms with E-state index in [9.17, 15) is 62.8 Å². The average Bonchev–Trinajstić information content (AvgIpc) is 1.15. The predicted octanol–water partition coefficient (Wildman–Crippen LogP) is 0.155. The highest BCUT2D eigenvalue weighted by atomic mass is 32.2. The number of hydrogen-bond acceptors (Lipinski definition) is 22. The summed E-state index contributed by atoms with van der Waals surface area (Å²) in [5.74, 6) is -28.2. The lowest BCUT2D eigenvalue weighted by Gasteiger charge is -2.38. The number of halogens is 4. The number of nitrogens with two attached hydrogens (primary N) is 2. The highest BCUT2D eigenvalue weighted by Crippen LogP contribution is 2.28. The zero-order valence-electron chi connectivity index (χ0n) is 76.4. The molecule has 6 aromatic rings. The third kappa shape index (κ3) is 30.2. The van der Waals surface area contributed by atoms with E-state index >= 15 is 56.7 Å². The number of carbonyl (C=O) groups is 17. The lowest BCUT2D eigenvalue weighted by atomic mass is 9.98. The van der Waals surface area contributed by atoms with Crippen molar-refractivity contribution >= 4 is 123 Å². The van der Waals surface area contributed by atoms with Crippen molar-refractivity contribution in [1.29, 1.82) is 0 Å². The molecule has 39 nitrogen and oxygen atoms in total. The molecule has 9 rings (SSSR count). The van der Waals surface area contributed by atoms with Crippen molar-refractivity contribution in [2.24, 2.45) is 17.4 Å². The maximum absolute atomic E-state index is 15.7. The van der Waals surface area contributed by atoms with Crippen LogP contribution in [0.4, 0.5) is 17.6 Å². The molecule has 137 heavy (non-hydrogen) atoms. The van der Waals surface area contributed by atoms with Gasteiger partial charge in [0.2, 0.25) is 88.6 Å². The lowest BCUT2D eigenvalue weighted by molar-refractivity contribution is -0.152. The highest BCUT2D eigenvalue weighted by molar-refractivity contribution is 8.00. The number of rotatable bonds is 26. The minimum atomic E-state index is -2.09. The number of phenolic OH excluding ortho intramolecular Hbond substituents is 1. The van der Waals surface area contributed by atoms with Gasteiger partial charge in [-0.05, 0) is 115 Å². The van der Waals surface area contributed by atoms with Crippen molar-refractivity contribution < 1.29 is 124 Å². The number of carboxylic acids is 2. The molecule has 740 valence electrons. The summed E-state index contributed by atoms with van der Waals surface area (Å²) in [5.41, 5.74) is 12.8. The number of aromatic nitrogens is 1. The number of primary amides is 1. The first-order valence-electron chi connectivity index (χ1n) is 44.8. The lowest BCUT2D eigenvalue weighted by Crippen LogP contribution is -2.64. The first-order valence-corrected chi connectivity index (χ1v) is 45.9. The first kappa shape index (κ1) is 107. The summed E-state index contributed by atoms with van der Waals surface area (Å²) < 4.78 is 65.7. The Kier molecular flexibility index (Phi) is 39.7. The second-order valence-electron chi connectivity index (χ2n) is 34.3. The Morgan fingerprint density at radius 2 is 1.12 bits per heavy atom. The number of ether oxygens (including phenoxy) is 1. The molecular weight excluding hydrogens is 1820 g/mol. The predicted molar refractivity (Wildman–Crippen MR) is 488 cm³/mol. The van der Waals surface area contributed by atoms with Crippen molar-refractivity contribution in [2.45, 2.75) is 202 Å². The number of phenols is 1. The van der Waals surface area contributed by atoms with E-state index in [-0.39, 0.29) is 69.4 Å².